The second-order valence-electron chi connectivity index (χ2n) is 4.42. The molecule has 0 heterocycles. The Morgan fingerprint density at radius 1 is 1.33 bits per heavy atom. The first-order valence-corrected chi connectivity index (χ1v) is 5.84. The maximum absolute atomic E-state index is 9.64. The molecule has 0 aliphatic carbocycles. The van der Waals surface area contributed by atoms with E-state index in [4.69, 9.17) is 15.2 Å². The zero-order valence-corrected chi connectivity index (χ0v) is 11.2. The Balaban J connectivity index is 2.58. The van der Waals surface area contributed by atoms with Gasteiger partial charge in [0.15, 0.2) is 0 Å². The summed E-state index contributed by atoms with van der Waals surface area (Å²) in [5.74, 6) is 0.746. The Bertz CT molecular complexity index is 371. The van der Waals surface area contributed by atoms with Crippen LogP contribution in [0, 0.1) is 0 Å². The zero-order valence-electron chi connectivity index (χ0n) is 11.2. The van der Waals surface area contributed by atoms with Crippen molar-refractivity contribution >= 4 is 5.69 Å². The van der Waals surface area contributed by atoms with Gasteiger partial charge in [0.2, 0.25) is 0 Å². The number of likely N-dealkylation sites (N-methyl/N-ethyl adjacent to an activating group) is 1. The Morgan fingerprint density at radius 2 is 2.06 bits per heavy atom. The molecule has 3 N–H and O–H groups in total. The smallest absolute Gasteiger partial charge is 0.121 e. The van der Waals surface area contributed by atoms with Gasteiger partial charge in [0, 0.05) is 32.0 Å². The van der Waals surface area contributed by atoms with Gasteiger partial charge in [0.1, 0.15) is 5.75 Å². The van der Waals surface area contributed by atoms with Gasteiger partial charge in [0.05, 0.1) is 19.8 Å². The van der Waals surface area contributed by atoms with Gasteiger partial charge < -0.3 is 20.3 Å². The molecule has 0 radical (unpaired) electrons. The third kappa shape index (κ3) is 4.91. The van der Waals surface area contributed by atoms with Crippen LogP contribution in [0.4, 0.5) is 5.69 Å². The number of rotatable bonds is 7. The van der Waals surface area contributed by atoms with Crippen LogP contribution in [-0.2, 0) is 11.3 Å². The Morgan fingerprint density at radius 3 is 2.67 bits per heavy atom. The van der Waals surface area contributed by atoms with Crippen molar-refractivity contribution in [3.8, 4) is 5.75 Å². The summed E-state index contributed by atoms with van der Waals surface area (Å²) >= 11 is 0. The second-order valence-corrected chi connectivity index (χ2v) is 4.42. The van der Waals surface area contributed by atoms with Gasteiger partial charge in [-0.2, -0.15) is 0 Å². The van der Waals surface area contributed by atoms with Crippen LogP contribution in [0.5, 0.6) is 5.75 Å². The van der Waals surface area contributed by atoms with Crippen molar-refractivity contribution in [3.05, 3.63) is 23.8 Å². The van der Waals surface area contributed by atoms with E-state index in [-0.39, 0.29) is 0 Å². The molecule has 1 aromatic rings. The van der Waals surface area contributed by atoms with Crippen molar-refractivity contribution in [1.29, 1.82) is 0 Å². The highest BCUT2D eigenvalue weighted by molar-refractivity contribution is 5.47. The zero-order chi connectivity index (χ0) is 13.5. The third-order valence-corrected chi connectivity index (χ3v) is 2.56. The lowest BCUT2D eigenvalue weighted by Crippen LogP contribution is -2.31. The van der Waals surface area contributed by atoms with Crippen molar-refractivity contribution in [3.63, 3.8) is 0 Å². The number of nitrogens with two attached hydrogens (primary N) is 1. The first kappa shape index (κ1) is 14.8. The number of aliphatic hydroxyl groups is 1. The first-order chi connectivity index (χ1) is 8.55. The summed E-state index contributed by atoms with van der Waals surface area (Å²) in [7, 11) is 5.13. The van der Waals surface area contributed by atoms with Crippen molar-refractivity contribution in [2.75, 3.05) is 40.2 Å². The van der Waals surface area contributed by atoms with E-state index in [1.54, 1.807) is 20.3 Å². The highest BCUT2D eigenvalue weighted by atomic mass is 16.5. The third-order valence-electron chi connectivity index (χ3n) is 2.56. The average molecular weight is 254 g/mol. The number of hydrogen-bond donors (Lipinski definition) is 2. The number of benzene rings is 1. The lowest BCUT2D eigenvalue weighted by molar-refractivity contribution is 0.0419. The van der Waals surface area contributed by atoms with Crippen LogP contribution in [0.3, 0.4) is 0 Å². The molecule has 0 saturated carbocycles. The van der Waals surface area contributed by atoms with E-state index in [2.05, 4.69) is 0 Å². The monoisotopic (exact) mass is 254 g/mol. The van der Waals surface area contributed by atoms with E-state index >= 15 is 0 Å². The van der Waals surface area contributed by atoms with E-state index in [9.17, 15) is 5.11 Å². The van der Waals surface area contributed by atoms with E-state index in [0.29, 0.717) is 25.4 Å². The maximum Gasteiger partial charge on any atom is 0.121 e. The molecule has 1 unspecified atom stereocenters. The first-order valence-electron chi connectivity index (χ1n) is 5.84. The quantitative estimate of drug-likeness (QED) is 0.702. The Kier molecular flexibility index (Phi) is 5.91. The number of nitrogens with zero attached hydrogens (tertiary/aromatic N) is 1. The van der Waals surface area contributed by atoms with Gasteiger partial charge in [-0.3, -0.25) is 4.90 Å². The largest absolute Gasteiger partial charge is 0.497 e. The van der Waals surface area contributed by atoms with Gasteiger partial charge in [-0.05, 0) is 24.7 Å². The molecule has 1 rings (SSSR count). The molecule has 1 aromatic carbocycles. The minimum Gasteiger partial charge on any atom is -0.497 e. The van der Waals surface area contributed by atoms with Gasteiger partial charge in [-0.1, -0.05) is 0 Å². The van der Waals surface area contributed by atoms with Crippen molar-refractivity contribution in [1.82, 2.24) is 4.90 Å². The molecule has 0 aliphatic heterocycles. The molecule has 5 nitrogen and oxygen atoms in total. The van der Waals surface area contributed by atoms with Crippen LogP contribution in [0.15, 0.2) is 18.2 Å². The second kappa shape index (κ2) is 7.20. The lowest BCUT2D eigenvalue weighted by Gasteiger charge is -2.20. The van der Waals surface area contributed by atoms with Crippen molar-refractivity contribution < 1.29 is 14.6 Å². The van der Waals surface area contributed by atoms with E-state index in [1.807, 2.05) is 24.1 Å². The summed E-state index contributed by atoms with van der Waals surface area (Å²) < 4.78 is 10.1. The maximum atomic E-state index is 9.64. The SMILES string of the molecule is COCC(O)CN(C)Cc1cc(N)cc(OC)c1. The van der Waals surface area contributed by atoms with Gasteiger partial charge in [-0.25, -0.2) is 0 Å². The fourth-order valence-electron chi connectivity index (χ4n) is 1.88. The van der Waals surface area contributed by atoms with E-state index in [0.717, 1.165) is 11.3 Å². The summed E-state index contributed by atoms with van der Waals surface area (Å²) in [6.45, 7) is 1.58. The lowest BCUT2D eigenvalue weighted by atomic mass is 10.1. The molecular formula is C13H22N2O3. The highest BCUT2D eigenvalue weighted by Crippen LogP contribution is 2.19. The number of hydrogen-bond acceptors (Lipinski definition) is 5. The molecule has 0 spiro atoms. The number of anilines is 1. The van der Waals surface area contributed by atoms with Gasteiger partial charge in [-0.15, -0.1) is 0 Å². The summed E-state index contributed by atoms with van der Waals surface area (Å²) in [5, 5.41) is 9.64. The number of methoxy groups -OCH3 is 2. The van der Waals surface area contributed by atoms with Crippen LogP contribution < -0.4 is 10.5 Å². The molecule has 5 heteroatoms. The van der Waals surface area contributed by atoms with Crippen LogP contribution >= 0.6 is 0 Å². The van der Waals surface area contributed by atoms with Crippen LogP contribution in [0.1, 0.15) is 5.56 Å². The van der Waals surface area contributed by atoms with E-state index in [1.165, 1.54) is 0 Å². The molecular weight excluding hydrogens is 232 g/mol. The number of ether oxygens (including phenoxy) is 2. The van der Waals surface area contributed by atoms with Crippen molar-refractivity contribution in [2.45, 2.75) is 12.6 Å². The Labute approximate surface area is 108 Å². The summed E-state index contributed by atoms with van der Waals surface area (Å²) in [5.41, 5.74) is 7.52. The predicted octanol–water partition coefficient (Wildman–Crippen LogP) is 0.716. The molecule has 0 aromatic heterocycles. The molecule has 1 atom stereocenters. The molecule has 0 fully saturated rings. The minimum atomic E-state index is -0.483. The van der Waals surface area contributed by atoms with Crippen LogP contribution in [0.2, 0.25) is 0 Å². The van der Waals surface area contributed by atoms with Gasteiger partial charge >= 0.3 is 0 Å². The minimum absolute atomic E-state index is 0.338. The van der Waals surface area contributed by atoms with Crippen molar-refractivity contribution in [2.24, 2.45) is 0 Å². The standard InChI is InChI=1S/C13H22N2O3/c1-15(8-12(16)9-17-2)7-10-4-11(14)6-13(5-10)18-3/h4-6,12,16H,7-9,14H2,1-3H3. The highest BCUT2D eigenvalue weighted by Gasteiger charge is 2.09. The molecule has 0 amide bonds. The van der Waals surface area contributed by atoms with E-state index < -0.39 is 6.10 Å². The normalized spacial score (nSPS) is 12.7. The Hall–Kier alpha value is -1.30. The summed E-state index contributed by atoms with van der Waals surface area (Å²) in [6.07, 6.45) is -0.483. The topological polar surface area (TPSA) is 68.0 Å². The fraction of sp³-hybridized carbons (Fsp3) is 0.538. The predicted molar refractivity (Wildman–Crippen MR) is 71.6 cm³/mol. The van der Waals surface area contributed by atoms with Crippen LogP contribution in [0.25, 0.3) is 0 Å². The summed E-state index contributed by atoms with van der Waals surface area (Å²) in [6, 6.07) is 5.63. The molecule has 18 heavy (non-hydrogen) atoms. The molecule has 0 saturated heterocycles. The average Bonchev–Trinajstić information content (AvgIpc) is 2.27. The molecule has 0 bridgehead atoms. The molecule has 0 aliphatic rings. The molecule has 102 valence electrons. The fourth-order valence-corrected chi connectivity index (χ4v) is 1.88. The van der Waals surface area contributed by atoms with Crippen LogP contribution in [-0.4, -0.2) is 50.5 Å². The summed E-state index contributed by atoms with van der Waals surface area (Å²) in [4.78, 5) is 2.01. The number of nitrogen functional groups attached to an aromatic ring is 1. The number of aliphatic hydroxyl groups excluding tert-OH is 1. The van der Waals surface area contributed by atoms with Gasteiger partial charge in [0.25, 0.3) is 0 Å².